The molecule has 86 valence electrons. The first kappa shape index (κ1) is 13.0. The molecule has 0 aliphatic rings. The molecule has 0 saturated carbocycles. The van der Waals surface area contributed by atoms with Crippen LogP contribution < -0.4 is 0 Å². The van der Waals surface area contributed by atoms with Gasteiger partial charge in [-0.25, -0.2) is 0 Å². The average molecular weight is 232 g/mol. The summed E-state index contributed by atoms with van der Waals surface area (Å²) in [5, 5.41) is 0. The fourth-order valence-corrected chi connectivity index (χ4v) is 1.86. The van der Waals surface area contributed by atoms with Crippen molar-refractivity contribution in [2.45, 2.75) is 32.7 Å². The average Bonchev–Trinajstić information content (AvgIpc) is 2.25. The Morgan fingerprint density at radius 3 is 2.38 bits per heavy atom. The Hall–Kier alpha value is -1.04. The molecule has 0 aromatic heterocycles. The molecular weight excluding hydrogens is 212 g/mol. The van der Waals surface area contributed by atoms with Gasteiger partial charge in [-0.15, -0.1) is 5.54 Å². The topological polar surface area (TPSA) is 9.23 Å². The molecule has 1 unspecified atom stereocenters. The molecule has 2 heteroatoms. The van der Waals surface area contributed by atoms with E-state index in [4.69, 9.17) is 4.74 Å². The SMILES string of the molecule is COC(C)c1ccccc1C#C[Si](C)(C)C. The first-order chi connectivity index (χ1) is 7.44. The molecule has 1 aromatic rings. The van der Waals surface area contributed by atoms with Gasteiger partial charge in [0.1, 0.15) is 8.07 Å². The minimum absolute atomic E-state index is 0.104. The van der Waals surface area contributed by atoms with E-state index in [2.05, 4.69) is 50.2 Å². The number of hydrogen-bond donors (Lipinski definition) is 0. The summed E-state index contributed by atoms with van der Waals surface area (Å²) in [6.07, 6.45) is 0.104. The van der Waals surface area contributed by atoms with Crippen LogP contribution in [0.4, 0.5) is 0 Å². The van der Waals surface area contributed by atoms with Gasteiger partial charge in [0, 0.05) is 12.7 Å². The van der Waals surface area contributed by atoms with Gasteiger partial charge in [-0.1, -0.05) is 43.8 Å². The number of methoxy groups -OCH3 is 1. The zero-order chi connectivity index (χ0) is 12.2. The van der Waals surface area contributed by atoms with Crippen molar-refractivity contribution in [1.29, 1.82) is 0 Å². The van der Waals surface area contributed by atoms with Gasteiger partial charge in [-0.3, -0.25) is 0 Å². The fourth-order valence-electron chi connectivity index (χ4n) is 1.35. The summed E-state index contributed by atoms with van der Waals surface area (Å²) in [7, 11) is 0.420. The van der Waals surface area contributed by atoms with Crippen LogP contribution >= 0.6 is 0 Å². The Bertz CT molecular complexity index is 407. The lowest BCUT2D eigenvalue weighted by Gasteiger charge is -2.12. The van der Waals surface area contributed by atoms with E-state index in [0.29, 0.717) is 0 Å². The van der Waals surface area contributed by atoms with E-state index >= 15 is 0 Å². The van der Waals surface area contributed by atoms with E-state index in [1.807, 2.05) is 12.1 Å². The second kappa shape index (κ2) is 5.34. The lowest BCUT2D eigenvalue weighted by atomic mass is 10.0. The van der Waals surface area contributed by atoms with Crippen LogP contribution in [0, 0.1) is 11.5 Å². The second-order valence-corrected chi connectivity index (χ2v) is 9.72. The number of rotatable bonds is 2. The van der Waals surface area contributed by atoms with E-state index < -0.39 is 8.07 Å². The summed E-state index contributed by atoms with van der Waals surface area (Å²) in [6.45, 7) is 8.81. The van der Waals surface area contributed by atoms with Crippen LogP contribution in [-0.2, 0) is 4.74 Å². The third kappa shape index (κ3) is 3.84. The van der Waals surface area contributed by atoms with Gasteiger partial charge < -0.3 is 4.74 Å². The molecule has 0 radical (unpaired) electrons. The standard InChI is InChI=1S/C14H20OSi/c1-12(15-2)14-9-7-6-8-13(14)10-11-16(3,4)5/h6-9,12H,1-5H3. The van der Waals surface area contributed by atoms with Crippen molar-refractivity contribution in [3.8, 4) is 11.5 Å². The zero-order valence-electron chi connectivity index (χ0n) is 10.8. The van der Waals surface area contributed by atoms with Gasteiger partial charge in [0.25, 0.3) is 0 Å². The van der Waals surface area contributed by atoms with Crippen LogP contribution in [0.5, 0.6) is 0 Å². The van der Waals surface area contributed by atoms with Crippen molar-refractivity contribution in [1.82, 2.24) is 0 Å². The Labute approximate surface area is 99.8 Å². The van der Waals surface area contributed by atoms with Crippen molar-refractivity contribution >= 4 is 8.07 Å². The van der Waals surface area contributed by atoms with E-state index in [9.17, 15) is 0 Å². The van der Waals surface area contributed by atoms with Gasteiger partial charge >= 0.3 is 0 Å². The van der Waals surface area contributed by atoms with Crippen LogP contribution in [0.15, 0.2) is 24.3 Å². The molecule has 1 atom stereocenters. The molecule has 0 spiro atoms. The predicted molar refractivity (Wildman–Crippen MR) is 72.1 cm³/mol. The van der Waals surface area contributed by atoms with Crippen LogP contribution in [0.25, 0.3) is 0 Å². The lowest BCUT2D eigenvalue weighted by Crippen LogP contribution is -2.16. The summed E-state index contributed by atoms with van der Waals surface area (Å²) >= 11 is 0. The van der Waals surface area contributed by atoms with Crippen molar-refractivity contribution in [2.24, 2.45) is 0 Å². The van der Waals surface area contributed by atoms with E-state index in [1.165, 1.54) is 5.56 Å². The van der Waals surface area contributed by atoms with Crippen molar-refractivity contribution in [3.63, 3.8) is 0 Å². The van der Waals surface area contributed by atoms with Crippen LogP contribution in [0.1, 0.15) is 24.2 Å². The molecule has 0 aliphatic carbocycles. The second-order valence-electron chi connectivity index (χ2n) is 4.97. The number of hydrogen-bond acceptors (Lipinski definition) is 1. The van der Waals surface area contributed by atoms with Gasteiger partial charge in [-0.05, 0) is 18.6 Å². The zero-order valence-corrected chi connectivity index (χ0v) is 11.8. The predicted octanol–water partition coefficient (Wildman–Crippen LogP) is 3.62. The van der Waals surface area contributed by atoms with Gasteiger partial charge in [0.2, 0.25) is 0 Å². The molecule has 0 heterocycles. The smallest absolute Gasteiger partial charge is 0.129 e. The molecule has 1 aromatic carbocycles. The number of ether oxygens (including phenoxy) is 1. The largest absolute Gasteiger partial charge is 0.377 e. The Balaban J connectivity index is 3.08. The summed E-state index contributed by atoms with van der Waals surface area (Å²) < 4.78 is 5.35. The van der Waals surface area contributed by atoms with Crippen molar-refractivity contribution in [3.05, 3.63) is 35.4 Å². The quantitative estimate of drug-likeness (QED) is 0.559. The summed E-state index contributed by atoms with van der Waals surface area (Å²) in [6, 6.07) is 8.21. The normalized spacial score (nSPS) is 12.8. The molecule has 0 N–H and O–H groups in total. The summed E-state index contributed by atoms with van der Waals surface area (Å²) in [5.74, 6) is 3.30. The van der Waals surface area contributed by atoms with E-state index in [-0.39, 0.29) is 6.10 Å². The van der Waals surface area contributed by atoms with Crippen LogP contribution in [0.2, 0.25) is 19.6 Å². The molecule has 1 nitrogen and oxygen atoms in total. The first-order valence-electron chi connectivity index (χ1n) is 5.59. The maximum absolute atomic E-state index is 5.35. The van der Waals surface area contributed by atoms with Gasteiger partial charge in [0.05, 0.1) is 6.10 Å². The maximum Gasteiger partial charge on any atom is 0.129 e. The van der Waals surface area contributed by atoms with E-state index in [0.717, 1.165) is 5.56 Å². The summed E-state index contributed by atoms with van der Waals surface area (Å²) in [4.78, 5) is 0. The third-order valence-corrected chi connectivity index (χ3v) is 3.20. The highest BCUT2D eigenvalue weighted by atomic mass is 28.3. The molecule has 0 bridgehead atoms. The van der Waals surface area contributed by atoms with Gasteiger partial charge in [0.15, 0.2) is 0 Å². The lowest BCUT2D eigenvalue weighted by molar-refractivity contribution is 0.119. The van der Waals surface area contributed by atoms with Crippen LogP contribution in [0.3, 0.4) is 0 Å². The van der Waals surface area contributed by atoms with E-state index in [1.54, 1.807) is 7.11 Å². The Morgan fingerprint density at radius 2 is 1.81 bits per heavy atom. The molecule has 0 amide bonds. The van der Waals surface area contributed by atoms with Crippen LogP contribution in [-0.4, -0.2) is 15.2 Å². The maximum atomic E-state index is 5.35. The molecule has 0 fully saturated rings. The highest BCUT2D eigenvalue weighted by Gasteiger charge is 2.10. The molecule has 0 saturated heterocycles. The Kier molecular flexibility index (Phi) is 4.34. The minimum atomic E-state index is -1.31. The molecule has 1 rings (SSSR count). The van der Waals surface area contributed by atoms with Crippen molar-refractivity contribution in [2.75, 3.05) is 7.11 Å². The third-order valence-electron chi connectivity index (χ3n) is 2.32. The number of benzene rings is 1. The fraction of sp³-hybridized carbons (Fsp3) is 0.429. The molecule has 0 aliphatic heterocycles. The molecule has 16 heavy (non-hydrogen) atoms. The monoisotopic (exact) mass is 232 g/mol. The molecular formula is C14H20OSi. The van der Waals surface area contributed by atoms with Crippen molar-refractivity contribution < 1.29 is 4.74 Å². The first-order valence-corrected chi connectivity index (χ1v) is 9.09. The minimum Gasteiger partial charge on any atom is -0.377 e. The highest BCUT2D eigenvalue weighted by molar-refractivity contribution is 6.83. The van der Waals surface area contributed by atoms with Gasteiger partial charge in [-0.2, -0.15) is 0 Å². The summed E-state index contributed by atoms with van der Waals surface area (Å²) in [5.41, 5.74) is 5.66. The highest BCUT2D eigenvalue weighted by Crippen LogP contribution is 2.19. The Morgan fingerprint density at radius 1 is 1.19 bits per heavy atom.